The number of halogens is 3. The van der Waals surface area contributed by atoms with Crippen molar-refractivity contribution in [2.45, 2.75) is 12.4 Å². The first-order valence-corrected chi connectivity index (χ1v) is 5.14. The van der Waals surface area contributed by atoms with Crippen molar-refractivity contribution in [1.29, 1.82) is 0 Å². The summed E-state index contributed by atoms with van der Waals surface area (Å²) in [5.41, 5.74) is 0.987. The lowest BCUT2D eigenvalue weighted by molar-refractivity contribution is -0.189. The van der Waals surface area contributed by atoms with Gasteiger partial charge in [0.05, 0.1) is 11.4 Å². The van der Waals surface area contributed by atoms with Crippen LogP contribution < -0.4 is 10.2 Å². The highest BCUT2D eigenvalue weighted by Crippen LogP contribution is 2.30. The van der Waals surface area contributed by atoms with E-state index in [0.29, 0.717) is 11.4 Å². The molecule has 0 spiro atoms. The Kier molecular flexibility index (Phi) is 3.16. The molecule has 1 aliphatic rings. The third kappa shape index (κ3) is 2.56. The van der Waals surface area contributed by atoms with Gasteiger partial charge in [-0.1, -0.05) is 12.1 Å². The maximum atomic E-state index is 12.0. The summed E-state index contributed by atoms with van der Waals surface area (Å²) in [5, 5.41) is 3.87. The van der Waals surface area contributed by atoms with Crippen molar-refractivity contribution in [2.24, 2.45) is 0 Å². The molecule has 1 aliphatic heterocycles. The van der Waals surface area contributed by atoms with Gasteiger partial charge in [0.2, 0.25) is 6.23 Å². The molecule has 1 heterocycles. The second-order valence-electron chi connectivity index (χ2n) is 3.79. The predicted molar refractivity (Wildman–Crippen MR) is 57.4 cm³/mol. The number of nitrogens with zero attached hydrogens (tertiary/aromatic N) is 2. The molecule has 2 rings (SSSR count). The van der Waals surface area contributed by atoms with Gasteiger partial charge in [0.1, 0.15) is 6.61 Å². The largest absolute Gasteiger partial charge is 0.411 e. The Hall–Kier alpha value is -1.76. The van der Waals surface area contributed by atoms with Gasteiger partial charge in [-0.05, 0) is 12.1 Å². The Balaban J connectivity index is 2.14. The fourth-order valence-corrected chi connectivity index (χ4v) is 1.60. The van der Waals surface area contributed by atoms with E-state index < -0.39 is 24.9 Å². The molecule has 0 fully saturated rings. The number of likely N-dealkylation sites (N-methyl/N-ethyl adjacent to an activating group) is 1. The molecule has 18 heavy (non-hydrogen) atoms. The molecule has 0 saturated heterocycles. The molecule has 0 N–H and O–H groups in total. The van der Waals surface area contributed by atoms with Crippen LogP contribution in [0.25, 0.3) is 0 Å². The molecule has 97 valence electrons. The fraction of sp³-hybridized carbons (Fsp3) is 0.364. The van der Waals surface area contributed by atoms with E-state index >= 15 is 0 Å². The standard InChI is InChI=1S/C11H10F3N2O2/c1-16-8-5-3-2-4-7(8)15-9(10(16)17)18-6-11(12,13)14/h2-5,9H,6H2,1H3/t9-/m0/s1. The number of hydrogen-bond donors (Lipinski definition) is 0. The second kappa shape index (κ2) is 4.49. The van der Waals surface area contributed by atoms with Crippen molar-refractivity contribution in [3.05, 3.63) is 24.3 Å². The van der Waals surface area contributed by atoms with Crippen LogP contribution in [-0.4, -0.2) is 32.0 Å². The van der Waals surface area contributed by atoms with Crippen LogP contribution >= 0.6 is 0 Å². The Bertz CT molecular complexity index is 462. The number of fused-ring (bicyclic) bond motifs is 1. The highest BCUT2D eigenvalue weighted by molar-refractivity contribution is 6.01. The van der Waals surface area contributed by atoms with Crippen LogP contribution in [0.15, 0.2) is 24.3 Å². The smallest absolute Gasteiger partial charge is 0.339 e. The van der Waals surface area contributed by atoms with Crippen molar-refractivity contribution in [3.63, 3.8) is 0 Å². The van der Waals surface area contributed by atoms with Crippen LogP contribution in [0.1, 0.15) is 0 Å². The van der Waals surface area contributed by atoms with E-state index in [-0.39, 0.29) is 0 Å². The minimum Gasteiger partial charge on any atom is -0.339 e. The average Bonchev–Trinajstić information content (AvgIpc) is 2.31. The number of para-hydroxylation sites is 2. The molecule has 4 nitrogen and oxygen atoms in total. The van der Waals surface area contributed by atoms with Crippen LogP contribution in [0.5, 0.6) is 0 Å². The van der Waals surface area contributed by atoms with Crippen molar-refractivity contribution < 1.29 is 22.7 Å². The zero-order valence-electron chi connectivity index (χ0n) is 9.44. The van der Waals surface area contributed by atoms with Gasteiger partial charge in [-0.2, -0.15) is 13.2 Å². The summed E-state index contributed by atoms with van der Waals surface area (Å²) in [4.78, 5) is 13.0. The molecule has 0 aliphatic carbocycles. The number of amides is 1. The van der Waals surface area contributed by atoms with Gasteiger partial charge in [0, 0.05) is 7.05 Å². The number of alkyl halides is 3. The fourth-order valence-electron chi connectivity index (χ4n) is 1.60. The van der Waals surface area contributed by atoms with Gasteiger partial charge >= 0.3 is 6.18 Å². The quantitative estimate of drug-likeness (QED) is 0.812. The van der Waals surface area contributed by atoms with Gasteiger partial charge in [0.25, 0.3) is 5.91 Å². The summed E-state index contributed by atoms with van der Waals surface area (Å²) in [6.07, 6.45) is -5.92. The molecule has 1 amide bonds. The molecule has 0 aromatic heterocycles. The van der Waals surface area contributed by atoms with E-state index in [4.69, 9.17) is 0 Å². The molecular formula is C11H10F3N2O2. The van der Waals surface area contributed by atoms with Gasteiger partial charge in [-0.25, -0.2) is 5.32 Å². The predicted octanol–water partition coefficient (Wildman–Crippen LogP) is 1.80. The monoisotopic (exact) mass is 259 g/mol. The van der Waals surface area contributed by atoms with Gasteiger partial charge in [-0.15, -0.1) is 0 Å². The van der Waals surface area contributed by atoms with E-state index in [1.165, 1.54) is 11.9 Å². The summed E-state index contributed by atoms with van der Waals surface area (Å²) in [7, 11) is 1.47. The summed E-state index contributed by atoms with van der Waals surface area (Å²) in [6.45, 7) is -1.50. The Morgan fingerprint density at radius 2 is 2.06 bits per heavy atom. The lowest BCUT2D eigenvalue weighted by Gasteiger charge is -2.30. The number of benzene rings is 1. The van der Waals surface area contributed by atoms with Crippen LogP contribution in [0, 0.1) is 0 Å². The second-order valence-corrected chi connectivity index (χ2v) is 3.79. The van der Waals surface area contributed by atoms with Crippen molar-refractivity contribution >= 4 is 17.3 Å². The first-order valence-electron chi connectivity index (χ1n) is 5.14. The molecule has 1 atom stereocenters. The molecule has 1 radical (unpaired) electrons. The van der Waals surface area contributed by atoms with Gasteiger partial charge in [-0.3, -0.25) is 4.79 Å². The van der Waals surface area contributed by atoms with Crippen molar-refractivity contribution in [1.82, 2.24) is 5.32 Å². The maximum absolute atomic E-state index is 12.0. The molecule has 7 heteroatoms. The lowest BCUT2D eigenvalue weighted by Crippen LogP contribution is -2.47. The number of carbonyl (C=O) groups is 1. The topological polar surface area (TPSA) is 43.6 Å². The Morgan fingerprint density at radius 1 is 1.39 bits per heavy atom. The van der Waals surface area contributed by atoms with Crippen LogP contribution in [-0.2, 0) is 9.53 Å². The highest BCUT2D eigenvalue weighted by Gasteiger charge is 2.36. The number of hydrogen-bond acceptors (Lipinski definition) is 2. The normalized spacial score (nSPS) is 19.4. The first kappa shape index (κ1) is 12.7. The highest BCUT2D eigenvalue weighted by atomic mass is 19.4. The van der Waals surface area contributed by atoms with Crippen LogP contribution in [0.3, 0.4) is 0 Å². The minimum atomic E-state index is -4.48. The van der Waals surface area contributed by atoms with Gasteiger partial charge in [0.15, 0.2) is 0 Å². The van der Waals surface area contributed by atoms with Gasteiger partial charge < -0.3 is 9.64 Å². The van der Waals surface area contributed by atoms with E-state index in [2.05, 4.69) is 10.1 Å². The van der Waals surface area contributed by atoms with E-state index in [1.54, 1.807) is 24.3 Å². The molecule has 0 bridgehead atoms. The first-order chi connectivity index (χ1) is 8.38. The van der Waals surface area contributed by atoms with Crippen molar-refractivity contribution in [3.8, 4) is 0 Å². The third-order valence-electron chi connectivity index (χ3n) is 2.45. The zero-order valence-corrected chi connectivity index (χ0v) is 9.44. The molecule has 1 aromatic rings. The third-order valence-corrected chi connectivity index (χ3v) is 2.45. The Labute approximate surface area is 101 Å². The number of ether oxygens (including phenoxy) is 1. The van der Waals surface area contributed by atoms with E-state index in [1.807, 2.05) is 0 Å². The lowest BCUT2D eigenvalue weighted by atomic mass is 10.2. The van der Waals surface area contributed by atoms with Crippen LogP contribution in [0.2, 0.25) is 0 Å². The zero-order chi connectivity index (χ0) is 13.3. The van der Waals surface area contributed by atoms with E-state index in [9.17, 15) is 18.0 Å². The summed E-state index contributed by atoms with van der Waals surface area (Å²) >= 11 is 0. The summed E-state index contributed by atoms with van der Waals surface area (Å²) < 4.78 is 40.6. The SMILES string of the molecule is CN1C(=O)[C@H](OCC(F)(F)F)[N]c2ccccc21. The Morgan fingerprint density at radius 3 is 2.72 bits per heavy atom. The molecule has 1 aromatic carbocycles. The number of carbonyl (C=O) groups excluding carboxylic acids is 1. The summed E-state index contributed by atoms with van der Waals surface area (Å²) in [5.74, 6) is -0.613. The molecular weight excluding hydrogens is 249 g/mol. The maximum Gasteiger partial charge on any atom is 0.411 e. The minimum absolute atomic E-state index is 0.437. The summed E-state index contributed by atoms with van der Waals surface area (Å²) in [6, 6.07) is 6.68. The molecule has 0 unspecified atom stereocenters. The number of rotatable bonds is 2. The van der Waals surface area contributed by atoms with Crippen molar-refractivity contribution in [2.75, 3.05) is 18.6 Å². The average molecular weight is 259 g/mol. The number of anilines is 1. The molecule has 0 saturated carbocycles. The van der Waals surface area contributed by atoms with E-state index in [0.717, 1.165) is 0 Å². The van der Waals surface area contributed by atoms with Crippen LogP contribution in [0.4, 0.5) is 24.5 Å².